The Bertz CT molecular complexity index is 1120. The topological polar surface area (TPSA) is 109 Å². The molecule has 3 amide bonds. The Morgan fingerprint density at radius 3 is 2.14 bits per heavy atom. The van der Waals surface area contributed by atoms with Gasteiger partial charge in [0.1, 0.15) is 0 Å². The van der Waals surface area contributed by atoms with E-state index in [9.17, 15) is 14.4 Å². The first-order chi connectivity index (χ1) is 17.0. The average molecular weight is 475 g/mol. The maximum atomic E-state index is 12.4. The maximum Gasteiger partial charge on any atom is 0.251 e. The van der Waals surface area contributed by atoms with Crippen LogP contribution >= 0.6 is 0 Å². The molecular formula is C27H30N4O4. The van der Waals surface area contributed by atoms with E-state index in [1.165, 1.54) is 0 Å². The molecule has 8 nitrogen and oxygen atoms in total. The number of aryl methyl sites for hydroxylation is 1. The number of benzene rings is 3. The fourth-order valence-corrected chi connectivity index (χ4v) is 3.30. The molecule has 0 saturated heterocycles. The first kappa shape index (κ1) is 25.5. The highest BCUT2D eigenvalue weighted by Crippen LogP contribution is 2.16. The SMILES string of the molecule is COCCNC(=O)c1ccc(NCC(=O)Nc2cccc(NC(=O)CCc3ccccc3)c2)cc1. The van der Waals surface area contributed by atoms with Crippen molar-refractivity contribution in [1.29, 1.82) is 0 Å². The average Bonchev–Trinajstić information content (AvgIpc) is 2.87. The van der Waals surface area contributed by atoms with Gasteiger partial charge in [-0.2, -0.15) is 0 Å². The molecule has 0 saturated carbocycles. The Kier molecular flexibility index (Phi) is 9.83. The monoisotopic (exact) mass is 474 g/mol. The quantitative estimate of drug-likeness (QED) is 0.300. The van der Waals surface area contributed by atoms with E-state index in [1.807, 2.05) is 30.3 Å². The van der Waals surface area contributed by atoms with Crippen molar-refractivity contribution in [2.45, 2.75) is 12.8 Å². The summed E-state index contributed by atoms with van der Waals surface area (Å²) in [6, 6.07) is 23.7. The zero-order chi connectivity index (χ0) is 24.9. The molecule has 4 N–H and O–H groups in total. The van der Waals surface area contributed by atoms with Gasteiger partial charge in [0.15, 0.2) is 0 Å². The lowest BCUT2D eigenvalue weighted by Crippen LogP contribution is -2.26. The predicted octanol–water partition coefficient (Wildman–Crippen LogP) is 3.68. The molecule has 3 rings (SSSR count). The van der Waals surface area contributed by atoms with Crippen molar-refractivity contribution in [1.82, 2.24) is 5.32 Å². The first-order valence-corrected chi connectivity index (χ1v) is 11.4. The van der Waals surface area contributed by atoms with Gasteiger partial charge in [-0.3, -0.25) is 14.4 Å². The van der Waals surface area contributed by atoms with E-state index < -0.39 is 0 Å². The number of methoxy groups -OCH3 is 1. The lowest BCUT2D eigenvalue weighted by atomic mass is 10.1. The lowest BCUT2D eigenvalue weighted by molar-refractivity contribution is -0.116. The standard InChI is InChI=1S/C27H30N4O4/c1-35-17-16-28-27(34)21-11-13-22(14-12-21)29-19-26(33)31-24-9-5-8-23(18-24)30-25(32)15-10-20-6-3-2-4-7-20/h2-9,11-14,18,29H,10,15-17,19H2,1H3,(H,28,34)(H,30,32)(H,31,33). The van der Waals surface area contributed by atoms with Crippen LogP contribution in [0, 0.1) is 0 Å². The van der Waals surface area contributed by atoms with Crippen molar-refractivity contribution in [3.8, 4) is 0 Å². The molecule has 35 heavy (non-hydrogen) atoms. The molecule has 0 atom stereocenters. The van der Waals surface area contributed by atoms with Crippen molar-refractivity contribution < 1.29 is 19.1 Å². The van der Waals surface area contributed by atoms with Gasteiger partial charge in [-0.15, -0.1) is 0 Å². The molecule has 0 aliphatic rings. The van der Waals surface area contributed by atoms with Gasteiger partial charge in [-0.05, 0) is 54.4 Å². The van der Waals surface area contributed by atoms with Crippen LogP contribution in [0.25, 0.3) is 0 Å². The molecule has 0 unspecified atom stereocenters. The summed E-state index contributed by atoms with van der Waals surface area (Å²) >= 11 is 0. The Morgan fingerprint density at radius 2 is 1.46 bits per heavy atom. The van der Waals surface area contributed by atoms with Crippen LogP contribution in [-0.4, -0.2) is 44.5 Å². The number of amides is 3. The smallest absolute Gasteiger partial charge is 0.251 e. The number of hydrogen-bond acceptors (Lipinski definition) is 5. The molecule has 182 valence electrons. The minimum atomic E-state index is -0.237. The highest BCUT2D eigenvalue weighted by atomic mass is 16.5. The normalized spacial score (nSPS) is 10.3. The van der Waals surface area contributed by atoms with Gasteiger partial charge < -0.3 is 26.0 Å². The second kappa shape index (κ2) is 13.5. The third kappa shape index (κ3) is 8.94. The summed E-state index contributed by atoms with van der Waals surface area (Å²) in [5.41, 5.74) is 3.55. The highest BCUT2D eigenvalue weighted by molar-refractivity contribution is 5.96. The molecule has 0 aromatic heterocycles. The Morgan fingerprint density at radius 1 is 0.771 bits per heavy atom. The van der Waals surface area contributed by atoms with Crippen LogP contribution in [0.4, 0.5) is 17.1 Å². The molecule has 8 heteroatoms. The lowest BCUT2D eigenvalue weighted by Gasteiger charge is -2.11. The molecule has 0 radical (unpaired) electrons. The van der Waals surface area contributed by atoms with Gasteiger partial charge in [-0.25, -0.2) is 0 Å². The summed E-state index contributed by atoms with van der Waals surface area (Å²) in [4.78, 5) is 36.7. The van der Waals surface area contributed by atoms with Crippen molar-refractivity contribution in [3.63, 3.8) is 0 Å². The van der Waals surface area contributed by atoms with Crippen LogP contribution < -0.4 is 21.3 Å². The summed E-state index contributed by atoms with van der Waals surface area (Å²) in [6.45, 7) is 0.936. The molecule has 0 aliphatic carbocycles. The van der Waals surface area contributed by atoms with Crippen LogP contribution in [0.2, 0.25) is 0 Å². The molecular weight excluding hydrogens is 444 g/mol. The largest absolute Gasteiger partial charge is 0.383 e. The van der Waals surface area contributed by atoms with E-state index in [2.05, 4.69) is 21.3 Å². The Balaban J connectivity index is 1.43. The zero-order valence-electron chi connectivity index (χ0n) is 19.7. The van der Waals surface area contributed by atoms with Crippen molar-refractivity contribution in [2.24, 2.45) is 0 Å². The van der Waals surface area contributed by atoms with Crippen LogP contribution in [-0.2, 0) is 20.7 Å². The van der Waals surface area contributed by atoms with E-state index in [0.29, 0.717) is 48.6 Å². The number of hydrogen-bond donors (Lipinski definition) is 4. The minimum Gasteiger partial charge on any atom is -0.383 e. The molecule has 3 aromatic carbocycles. The molecule has 0 aliphatic heterocycles. The number of ether oxygens (including phenoxy) is 1. The van der Waals surface area contributed by atoms with Crippen LogP contribution in [0.5, 0.6) is 0 Å². The number of anilines is 3. The molecule has 0 bridgehead atoms. The summed E-state index contributed by atoms with van der Waals surface area (Å²) in [7, 11) is 1.57. The van der Waals surface area contributed by atoms with E-state index in [-0.39, 0.29) is 24.3 Å². The van der Waals surface area contributed by atoms with Gasteiger partial charge >= 0.3 is 0 Å². The fourth-order valence-electron chi connectivity index (χ4n) is 3.30. The number of carbonyl (C=O) groups is 3. The van der Waals surface area contributed by atoms with Crippen LogP contribution in [0.1, 0.15) is 22.3 Å². The van der Waals surface area contributed by atoms with Crippen molar-refractivity contribution >= 4 is 34.8 Å². The summed E-state index contributed by atoms with van der Waals surface area (Å²) in [5.74, 6) is -0.507. The van der Waals surface area contributed by atoms with Gasteiger partial charge in [0.05, 0.1) is 13.2 Å². The Hall–Kier alpha value is -4.17. The maximum absolute atomic E-state index is 12.4. The summed E-state index contributed by atoms with van der Waals surface area (Å²) < 4.78 is 4.91. The highest BCUT2D eigenvalue weighted by Gasteiger charge is 2.08. The minimum absolute atomic E-state index is 0.0487. The van der Waals surface area contributed by atoms with E-state index in [1.54, 1.807) is 55.6 Å². The molecule has 0 spiro atoms. The van der Waals surface area contributed by atoms with Crippen LogP contribution in [0.15, 0.2) is 78.9 Å². The number of rotatable bonds is 12. The van der Waals surface area contributed by atoms with Gasteiger partial charge in [0.2, 0.25) is 11.8 Å². The number of nitrogens with one attached hydrogen (secondary N) is 4. The second-order valence-electron chi connectivity index (χ2n) is 7.84. The van der Waals surface area contributed by atoms with E-state index in [4.69, 9.17) is 4.74 Å². The second-order valence-corrected chi connectivity index (χ2v) is 7.84. The third-order valence-electron chi connectivity index (χ3n) is 5.11. The third-order valence-corrected chi connectivity index (χ3v) is 5.11. The van der Waals surface area contributed by atoms with Gasteiger partial charge in [-0.1, -0.05) is 36.4 Å². The van der Waals surface area contributed by atoms with Crippen molar-refractivity contribution in [3.05, 3.63) is 90.0 Å². The first-order valence-electron chi connectivity index (χ1n) is 11.4. The summed E-state index contributed by atoms with van der Waals surface area (Å²) in [5, 5.41) is 11.5. The molecule has 0 heterocycles. The predicted molar refractivity (Wildman–Crippen MR) is 138 cm³/mol. The summed E-state index contributed by atoms with van der Waals surface area (Å²) in [6.07, 6.45) is 1.03. The Labute approximate surface area is 205 Å². The van der Waals surface area contributed by atoms with Gasteiger partial charge in [0, 0.05) is 42.7 Å². The molecule has 0 fully saturated rings. The zero-order valence-corrected chi connectivity index (χ0v) is 19.7. The van der Waals surface area contributed by atoms with Crippen molar-refractivity contribution in [2.75, 3.05) is 42.8 Å². The van der Waals surface area contributed by atoms with Gasteiger partial charge in [0.25, 0.3) is 5.91 Å². The number of carbonyl (C=O) groups excluding carboxylic acids is 3. The fraction of sp³-hybridized carbons (Fsp3) is 0.222. The van der Waals surface area contributed by atoms with E-state index >= 15 is 0 Å². The van der Waals surface area contributed by atoms with E-state index in [0.717, 1.165) is 5.56 Å². The van der Waals surface area contributed by atoms with Crippen LogP contribution in [0.3, 0.4) is 0 Å². The molecule has 3 aromatic rings.